The van der Waals surface area contributed by atoms with E-state index >= 15 is 0 Å². The predicted octanol–water partition coefficient (Wildman–Crippen LogP) is 3.86. The minimum absolute atomic E-state index is 0.0403. The third-order valence-corrected chi connectivity index (χ3v) is 8.47. The van der Waals surface area contributed by atoms with Crippen LogP contribution in [0.15, 0.2) is 47.4 Å². The second-order valence-electron chi connectivity index (χ2n) is 9.13. The third-order valence-electron chi connectivity index (χ3n) is 7.26. The molecular weight excluding hydrogens is 498 g/mol. The molecule has 9 nitrogen and oxygen atoms in total. The lowest BCUT2D eigenvalue weighted by molar-refractivity contribution is 0.159. The van der Waals surface area contributed by atoms with Crippen LogP contribution in [0.5, 0.6) is 34.5 Å². The molecule has 0 bridgehead atoms. The Labute approximate surface area is 215 Å². The number of nitrogens with zero attached hydrogens (tertiary/aromatic N) is 1. The quantitative estimate of drug-likeness (QED) is 0.445. The first-order chi connectivity index (χ1) is 17.9. The summed E-state index contributed by atoms with van der Waals surface area (Å²) < 4.78 is 59.8. The molecular formula is C27H27NO8S. The van der Waals surface area contributed by atoms with E-state index in [0.29, 0.717) is 30.2 Å². The number of rotatable bonds is 6. The number of ether oxygens (including phenoxy) is 5. The maximum absolute atomic E-state index is 13.4. The molecule has 6 rings (SSSR count). The van der Waals surface area contributed by atoms with Gasteiger partial charge in [0.1, 0.15) is 4.90 Å². The largest absolute Gasteiger partial charge is 0.493 e. The number of hydrogen-bond acceptors (Lipinski definition) is 9. The van der Waals surface area contributed by atoms with Gasteiger partial charge in [-0.3, -0.25) is 4.90 Å². The van der Waals surface area contributed by atoms with Crippen molar-refractivity contribution in [3.63, 3.8) is 0 Å². The summed E-state index contributed by atoms with van der Waals surface area (Å²) in [4.78, 5) is 2.31. The normalized spacial score (nSPS) is 17.9. The molecule has 0 aliphatic carbocycles. The summed E-state index contributed by atoms with van der Waals surface area (Å²) in [5.74, 6) is 2.86. The maximum atomic E-state index is 13.4. The standard InChI is InChI=1S/C27H27NO8S/c1-31-22-7-5-18(12-24(22)33-3)37(29,30)36-27-20-14-28-9-8-17-11-25-26(35-15-34-25)13-19(17)21(28)10-16(20)4-6-23(27)32-2/h4-7,11-13,21H,8-10,14-15H2,1-3H3. The minimum atomic E-state index is -4.19. The Hall–Kier alpha value is -3.63. The molecule has 0 aromatic heterocycles. The first-order valence-corrected chi connectivity index (χ1v) is 13.3. The Kier molecular flexibility index (Phi) is 5.80. The monoisotopic (exact) mass is 525 g/mol. The molecule has 0 fully saturated rings. The zero-order valence-corrected chi connectivity index (χ0v) is 21.6. The predicted molar refractivity (Wildman–Crippen MR) is 133 cm³/mol. The molecule has 1 atom stereocenters. The van der Waals surface area contributed by atoms with Gasteiger partial charge in [-0.1, -0.05) is 6.07 Å². The first-order valence-electron chi connectivity index (χ1n) is 11.9. The summed E-state index contributed by atoms with van der Waals surface area (Å²) in [6.07, 6.45) is 1.57. The van der Waals surface area contributed by atoms with E-state index in [1.165, 1.54) is 50.7 Å². The zero-order chi connectivity index (χ0) is 25.7. The fourth-order valence-corrected chi connectivity index (χ4v) is 6.36. The highest BCUT2D eigenvalue weighted by Crippen LogP contribution is 2.47. The van der Waals surface area contributed by atoms with Crippen molar-refractivity contribution in [3.8, 4) is 34.5 Å². The SMILES string of the molecule is COc1ccc(S(=O)(=O)Oc2c(OC)ccc3c2CN2CCc4cc5c(cc4C2C3)OCO5)cc1OC. The van der Waals surface area contributed by atoms with E-state index in [4.69, 9.17) is 27.9 Å². The van der Waals surface area contributed by atoms with E-state index in [1.54, 1.807) is 6.07 Å². The van der Waals surface area contributed by atoms with Crippen LogP contribution in [-0.4, -0.2) is 48.0 Å². The summed E-state index contributed by atoms with van der Waals surface area (Å²) >= 11 is 0. The van der Waals surface area contributed by atoms with E-state index < -0.39 is 10.1 Å². The van der Waals surface area contributed by atoms with Crippen molar-refractivity contribution in [3.05, 3.63) is 64.7 Å². The molecule has 3 heterocycles. The third kappa shape index (κ3) is 4.00. The highest BCUT2D eigenvalue weighted by Gasteiger charge is 2.36. The second-order valence-corrected chi connectivity index (χ2v) is 10.7. The van der Waals surface area contributed by atoms with Crippen LogP contribution in [0.1, 0.15) is 28.3 Å². The van der Waals surface area contributed by atoms with Crippen LogP contribution >= 0.6 is 0 Å². The van der Waals surface area contributed by atoms with Crippen molar-refractivity contribution in [2.45, 2.75) is 30.3 Å². The summed E-state index contributed by atoms with van der Waals surface area (Å²) in [5.41, 5.74) is 4.31. The van der Waals surface area contributed by atoms with Crippen molar-refractivity contribution in [2.24, 2.45) is 0 Å². The Bertz CT molecular complexity index is 1490. The average Bonchev–Trinajstić information content (AvgIpc) is 3.38. The lowest BCUT2D eigenvalue weighted by Gasteiger charge is -2.42. The molecule has 0 radical (unpaired) electrons. The highest BCUT2D eigenvalue weighted by molar-refractivity contribution is 7.87. The number of hydrogen-bond donors (Lipinski definition) is 0. The number of benzene rings is 3. The topological polar surface area (TPSA) is 92.8 Å². The first kappa shape index (κ1) is 23.7. The van der Waals surface area contributed by atoms with E-state index in [-0.39, 0.29) is 23.5 Å². The van der Waals surface area contributed by atoms with Crippen molar-refractivity contribution in [1.29, 1.82) is 0 Å². The Morgan fingerprint density at radius 3 is 2.35 bits per heavy atom. The van der Waals surface area contributed by atoms with Crippen molar-refractivity contribution < 1.29 is 36.3 Å². The lowest BCUT2D eigenvalue weighted by atomic mass is 9.83. The molecule has 194 valence electrons. The van der Waals surface area contributed by atoms with Crippen LogP contribution in [0.3, 0.4) is 0 Å². The molecule has 3 aromatic carbocycles. The fraction of sp³-hybridized carbons (Fsp3) is 0.333. The van der Waals surface area contributed by atoms with Gasteiger partial charge in [-0.15, -0.1) is 0 Å². The van der Waals surface area contributed by atoms with Crippen LogP contribution in [0.25, 0.3) is 0 Å². The highest BCUT2D eigenvalue weighted by atomic mass is 32.2. The van der Waals surface area contributed by atoms with Gasteiger partial charge in [-0.05, 0) is 59.9 Å². The van der Waals surface area contributed by atoms with Gasteiger partial charge in [0.05, 0.1) is 21.3 Å². The molecule has 0 saturated heterocycles. The smallest absolute Gasteiger partial charge is 0.339 e. The molecule has 0 amide bonds. The zero-order valence-electron chi connectivity index (χ0n) is 20.8. The van der Waals surface area contributed by atoms with E-state index in [0.717, 1.165) is 35.6 Å². The number of methoxy groups -OCH3 is 3. The lowest BCUT2D eigenvalue weighted by Crippen LogP contribution is -2.39. The molecule has 3 aliphatic rings. The van der Waals surface area contributed by atoms with Crippen molar-refractivity contribution in [2.75, 3.05) is 34.7 Å². The van der Waals surface area contributed by atoms with Crippen LogP contribution in [0.4, 0.5) is 0 Å². The van der Waals surface area contributed by atoms with Crippen LogP contribution in [-0.2, 0) is 29.5 Å². The van der Waals surface area contributed by atoms with Gasteiger partial charge in [0.15, 0.2) is 34.5 Å². The fourth-order valence-electron chi connectivity index (χ4n) is 5.38. The van der Waals surface area contributed by atoms with Gasteiger partial charge >= 0.3 is 10.1 Å². The molecule has 0 N–H and O–H groups in total. The van der Waals surface area contributed by atoms with Crippen molar-refractivity contribution in [1.82, 2.24) is 4.90 Å². The Balaban J connectivity index is 1.36. The summed E-state index contributed by atoms with van der Waals surface area (Å²) in [6.45, 7) is 1.60. The van der Waals surface area contributed by atoms with Gasteiger partial charge in [0.2, 0.25) is 6.79 Å². The van der Waals surface area contributed by atoms with Gasteiger partial charge < -0.3 is 27.9 Å². The molecule has 10 heteroatoms. The Morgan fingerprint density at radius 1 is 0.865 bits per heavy atom. The maximum Gasteiger partial charge on any atom is 0.339 e. The number of fused-ring (bicyclic) bond motifs is 5. The Morgan fingerprint density at radius 2 is 1.59 bits per heavy atom. The van der Waals surface area contributed by atoms with Crippen LogP contribution < -0.4 is 27.9 Å². The second kappa shape index (κ2) is 9.04. The van der Waals surface area contributed by atoms with Crippen molar-refractivity contribution >= 4 is 10.1 Å². The van der Waals surface area contributed by atoms with Crippen LogP contribution in [0, 0.1) is 0 Å². The van der Waals surface area contributed by atoms with Gasteiger partial charge in [-0.2, -0.15) is 8.42 Å². The van der Waals surface area contributed by atoms with Crippen LogP contribution in [0.2, 0.25) is 0 Å². The van der Waals surface area contributed by atoms with E-state index in [1.807, 2.05) is 6.07 Å². The summed E-state index contributed by atoms with van der Waals surface area (Å²) in [5, 5.41) is 0. The van der Waals surface area contributed by atoms with E-state index in [9.17, 15) is 8.42 Å². The molecule has 3 aromatic rings. The van der Waals surface area contributed by atoms with Gasteiger partial charge in [0.25, 0.3) is 0 Å². The molecule has 3 aliphatic heterocycles. The van der Waals surface area contributed by atoms with E-state index in [2.05, 4.69) is 17.0 Å². The average molecular weight is 526 g/mol. The molecule has 1 unspecified atom stereocenters. The van der Waals surface area contributed by atoms with Gasteiger partial charge in [-0.25, -0.2) is 0 Å². The molecule has 37 heavy (non-hydrogen) atoms. The molecule has 0 saturated carbocycles. The van der Waals surface area contributed by atoms with Gasteiger partial charge in [0, 0.05) is 30.8 Å². The molecule has 0 spiro atoms. The summed E-state index contributed by atoms with van der Waals surface area (Å²) in [6, 6.07) is 12.4. The summed E-state index contributed by atoms with van der Waals surface area (Å²) in [7, 11) is 0.258. The minimum Gasteiger partial charge on any atom is -0.493 e.